The Bertz CT molecular complexity index is 860. The molecule has 122 valence electrons. The summed E-state index contributed by atoms with van der Waals surface area (Å²) in [6.45, 7) is 3.73. The van der Waals surface area contributed by atoms with Crippen LogP contribution in [0.3, 0.4) is 0 Å². The topological polar surface area (TPSA) is 81.1 Å². The molecule has 1 N–H and O–H groups in total. The second kappa shape index (κ2) is 5.19. The number of aryl methyl sites for hydroxylation is 2. The second-order valence-corrected chi connectivity index (χ2v) is 7.89. The van der Waals surface area contributed by atoms with Gasteiger partial charge in [-0.15, -0.1) is 0 Å². The summed E-state index contributed by atoms with van der Waals surface area (Å²) in [5.41, 5.74) is 1.78. The van der Waals surface area contributed by atoms with Gasteiger partial charge in [0, 0.05) is 18.2 Å². The van der Waals surface area contributed by atoms with E-state index in [4.69, 9.17) is 0 Å². The van der Waals surface area contributed by atoms with Gasteiger partial charge in [0.25, 0.3) is 15.9 Å². The van der Waals surface area contributed by atoms with Crippen molar-refractivity contribution < 1.29 is 13.2 Å². The molecule has 3 rings (SSSR count). The molecule has 0 radical (unpaired) electrons. The first kappa shape index (κ1) is 15.7. The average molecular weight is 333 g/mol. The van der Waals surface area contributed by atoms with E-state index in [1.54, 1.807) is 19.1 Å². The number of nitrogens with one attached hydrogen (secondary N) is 1. The van der Waals surface area contributed by atoms with E-state index in [1.807, 2.05) is 12.1 Å². The summed E-state index contributed by atoms with van der Waals surface area (Å²) in [5, 5.41) is 3.92. The van der Waals surface area contributed by atoms with Crippen molar-refractivity contribution in [3.8, 4) is 0 Å². The van der Waals surface area contributed by atoms with Crippen molar-refractivity contribution in [1.29, 1.82) is 0 Å². The van der Waals surface area contributed by atoms with Crippen LogP contribution in [-0.2, 0) is 22.5 Å². The van der Waals surface area contributed by atoms with Crippen molar-refractivity contribution in [2.75, 3.05) is 0 Å². The van der Waals surface area contributed by atoms with Gasteiger partial charge in [-0.3, -0.25) is 9.48 Å². The molecule has 0 atom stereocenters. The molecule has 1 heterocycles. The average Bonchev–Trinajstić information content (AvgIpc) is 3.14. The van der Waals surface area contributed by atoms with Gasteiger partial charge < -0.3 is 0 Å². The Kier molecular flexibility index (Phi) is 3.55. The highest BCUT2D eigenvalue weighted by Gasteiger charge is 2.41. The summed E-state index contributed by atoms with van der Waals surface area (Å²) >= 11 is 0. The molecule has 23 heavy (non-hydrogen) atoms. The number of nitrogens with zero attached hydrogens (tertiary/aromatic N) is 2. The molecule has 1 aliphatic rings. The van der Waals surface area contributed by atoms with Gasteiger partial charge in [-0.1, -0.05) is 25.1 Å². The lowest BCUT2D eigenvalue weighted by Crippen LogP contribution is -2.33. The monoisotopic (exact) mass is 333 g/mol. The largest absolute Gasteiger partial charge is 0.281 e. The van der Waals surface area contributed by atoms with Crippen LogP contribution >= 0.6 is 0 Å². The molecule has 1 amide bonds. The van der Waals surface area contributed by atoms with Gasteiger partial charge in [-0.2, -0.15) is 13.5 Å². The number of hydrogen-bond donors (Lipinski definition) is 1. The Morgan fingerprint density at radius 3 is 2.52 bits per heavy atom. The third-order valence-electron chi connectivity index (χ3n) is 4.36. The van der Waals surface area contributed by atoms with E-state index in [1.165, 1.54) is 17.9 Å². The lowest BCUT2D eigenvalue weighted by molar-refractivity contribution is 0.0979. The summed E-state index contributed by atoms with van der Waals surface area (Å²) in [6.07, 6.45) is 3.47. The fraction of sp³-hybridized carbons (Fsp3) is 0.375. The quantitative estimate of drug-likeness (QED) is 0.926. The first-order chi connectivity index (χ1) is 10.7. The molecule has 6 nitrogen and oxygen atoms in total. The zero-order valence-electron chi connectivity index (χ0n) is 13.3. The number of carbonyl (C=O) groups is 1. The van der Waals surface area contributed by atoms with Crippen LogP contribution in [0.5, 0.6) is 0 Å². The first-order valence-corrected chi connectivity index (χ1v) is 8.88. The molecular formula is C16H19N3O3S. The van der Waals surface area contributed by atoms with Crippen molar-refractivity contribution in [2.45, 2.75) is 37.1 Å². The van der Waals surface area contributed by atoms with E-state index >= 15 is 0 Å². The number of benzene rings is 1. The number of hydrogen-bond acceptors (Lipinski definition) is 4. The molecule has 1 fully saturated rings. The highest BCUT2D eigenvalue weighted by Crippen LogP contribution is 2.48. The third kappa shape index (κ3) is 2.76. The van der Waals surface area contributed by atoms with Gasteiger partial charge in [0.1, 0.15) is 0 Å². The van der Waals surface area contributed by atoms with Crippen LogP contribution in [0.2, 0.25) is 0 Å². The molecule has 0 spiro atoms. The summed E-state index contributed by atoms with van der Waals surface area (Å²) in [7, 11) is -2.43. The fourth-order valence-electron chi connectivity index (χ4n) is 2.81. The van der Waals surface area contributed by atoms with E-state index in [9.17, 15) is 13.2 Å². The minimum atomic E-state index is -3.97. The number of sulfonamides is 1. The number of rotatable bonds is 4. The molecular weight excluding hydrogens is 314 g/mol. The maximum Gasteiger partial charge on any atom is 0.281 e. The Hall–Kier alpha value is -2.15. The van der Waals surface area contributed by atoms with Crippen molar-refractivity contribution in [3.05, 3.63) is 47.2 Å². The van der Waals surface area contributed by atoms with E-state index in [2.05, 4.69) is 16.7 Å². The molecule has 0 saturated heterocycles. The summed E-state index contributed by atoms with van der Waals surface area (Å²) in [6, 6.07) is 7.17. The van der Waals surface area contributed by atoms with E-state index in [-0.39, 0.29) is 10.4 Å². The summed E-state index contributed by atoms with van der Waals surface area (Å²) < 4.78 is 28.4. The molecule has 7 heteroatoms. The van der Waals surface area contributed by atoms with Crippen molar-refractivity contribution in [1.82, 2.24) is 14.5 Å². The Morgan fingerprint density at radius 2 is 1.96 bits per heavy atom. The van der Waals surface area contributed by atoms with Gasteiger partial charge in [-0.25, -0.2) is 4.72 Å². The molecule has 1 aromatic heterocycles. The maximum atomic E-state index is 12.6. The fourth-order valence-corrected chi connectivity index (χ4v) is 4.13. The summed E-state index contributed by atoms with van der Waals surface area (Å²) in [5.74, 6) is -0.602. The predicted octanol–water partition coefficient (Wildman–Crippen LogP) is 1.90. The first-order valence-electron chi connectivity index (χ1n) is 7.40. The Balaban J connectivity index is 1.94. The minimum absolute atomic E-state index is 0.000893. The van der Waals surface area contributed by atoms with Crippen LogP contribution in [-0.4, -0.2) is 24.1 Å². The van der Waals surface area contributed by atoms with Gasteiger partial charge in [0.2, 0.25) is 0 Å². The van der Waals surface area contributed by atoms with Crippen LogP contribution in [0.25, 0.3) is 0 Å². The number of aromatic nitrogens is 2. The second-order valence-electron chi connectivity index (χ2n) is 6.30. The molecule has 0 unspecified atom stereocenters. The van der Waals surface area contributed by atoms with Gasteiger partial charge in [0.15, 0.2) is 5.03 Å². The van der Waals surface area contributed by atoms with E-state index in [0.717, 1.165) is 18.4 Å². The van der Waals surface area contributed by atoms with Crippen LogP contribution in [0.1, 0.15) is 41.3 Å². The highest BCUT2D eigenvalue weighted by molar-refractivity contribution is 7.90. The number of carbonyl (C=O) groups excluding carboxylic acids is 1. The van der Waals surface area contributed by atoms with Gasteiger partial charge in [0.05, 0.1) is 6.20 Å². The van der Waals surface area contributed by atoms with Crippen molar-refractivity contribution >= 4 is 15.9 Å². The third-order valence-corrected chi connectivity index (χ3v) is 5.91. The molecule has 1 aliphatic carbocycles. The minimum Gasteiger partial charge on any atom is -0.268 e. The van der Waals surface area contributed by atoms with Crippen LogP contribution in [0, 0.1) is 6.92 Å². The van der Waals surface area contributed by atoms with Crippen LogP contribution in [0.4, 0.5) is 0 Å². The lowest BCUT2D eigenvalue weighted by Gasteiger charge is -2.15. The van der Waals surface area contributed by atoms with Crippen molar-refractivity contribution in [2.24, 2.45) is 7.05 Å². The SMILES string of the molecule is Cc1cnn(C)c1S(=O)(=O)NC(=O)c1ccccc1C1(C)CC1. The summed E-state index contributed by atoms with van der Waals surface area (Å²) in [4.78, 5) is 12.6. The van der Waals surface area contributed by atoms with Gasteiger partial charge in [-0.05, 0) is 36.8 Å². The normalized spacial score (nSPS) is 16.1. The Labute approximate surface area is 135 Å². The smallest absolute Gasteiger partial charge is 0.268 e. The lowest BCUT2D eigenvalue weighted by atomic mass is 9.93. The zero-order valence-corrected chi connectivity index (χ0v) is 14.1. The molecule has 1 saturated carbocycles. The Morgan fingerprint density at radius 1 is 1.30 bits per heavy atom. The predicted molar refractivity (Wildman–Crippen MR) is 85.6 cm³/mol. The number of amides is 1. The van der Waals surface area contributed by atoms with Crippen LogP contribution < -0.4 is 4.72 Å². The molecule has 2 aromatic rings. The van der Waals surface area contributed by atoms with Gasteiger partial charge >= 0.3 is 0 Å². The van der Waals surface area contributed by atoms with Crippen LogP contribution in [0.15, 0.2) is 35.5 Å². The van der Waals surface area contributed by atoms with Crippen molar-refractivity contribution in [3.63, 3.8) is 0 Å². The molecule has 0 aliphatic heterocycles. The maximum absolute atomic E-state index is 12.6. The zero-order chi connectivity index (χ0) is 16.8. The highest BCUT2D eigenvalue weighted by atomic mass is 32.2. The van der Waals surface area contributed by atoms with E-state index in [0.29, 0.717) is 11.1 Å². The van der Waals surface area contributed by atoms with E-state index < -0.39 is 15.9 Å². The standard InChI is InChI=1S/C16H19N3O3S/c1-11-10-17-19(3)15(11)23(21,22)18-14(20)12-6-4-5-7-13(12)16(2)8-9-16/h4-7,10H,8-9H2,1-3H3,(H,18,20). The molecule has 0 bridgehead atoms. The molecule has 1 aromatic carbocycles.